The molecule has 0 saturated heterocycles. The molecule has 0 saturated carbocycles. The van der Waals surface area contributed by atoms with Gasteiger partial charge in [-0.3, -0.25) is 9.28 Å². The predicted octanol–water partition coefficient (Wildman–Crippen LogP) is 1.59. The van der Waals surface area contributed by atoms with Gasteiger partial charge in [0.25, 0.3) is 5.91 Å². The average Bonchev–Trinajstić information content (AvgIpc) is 2.15. The third-order valence-electron chi connectivity index (χ3n) is 3.13. The molecule has 0 fully saturated rings. The molecule has 1 aromatic rings. The lowest BCUT2D eigenvalue weighted by Crippen LogP contribution is -2.57. The van der Waals surface area contributed by atoms with Crippen molar-refractivity contribution < 1.29 is 4.79 Å². The fourth-order valence-electron chi connectivity index (χ4n) is 1.82. The van der Waals surface area contributed by atoms with Gasteiger partial charge in [-0.2, -0.15) is 0 Å². The topological polar surface area (TPSA) is 29.1 Å². The summed E-state index contributed by atoms with van der Waals surface area (Å²) < 4.78 is 0.613. The Labute approximate surface area is 83.9 Å². The molecule has 74 valence electrons. The molecule has 3 nitrogen and oxygen atoms in total. The number of benzene rings is 1. The number of carbonyl (C=O) groups excluding carboxylic acids is 1. The van der Waals surface area contributed by atoms with E-state index in [9.17, 15) is 4.79 Å². The van der Waals surface area contributed by atoms with Gasteiger partial charge >= 0.3 is 0 Å². The molecule has 0 bridgehead atoms. The van der Waals surface area contributed by atoms with Crippen molar-refractivity contribution in [3.63, 3.8) is 0 Å². The Bertz CT molecular complexity index is 385. The standard InChI is InChI=1S/C11H14N2O/c1-8-11(14)12-9-6-4-5-7-10(9)13(8,2)3/h4-8H,1-3H3/p+1. The zero-order valence-corrected chi connectivity index (χ0v) is 8.74. The van der Waals surface area contributed by atoms with Gasteiger partial charge in [-0.05, 0) is 13.0 Å². The van der Waals surface area contributed by atoms with Gasteiger partial charge in [0.05, 0.1) is 14.1 Å². The highest BCUT2D eigenvalue weighted by atomic mass is 16.2. The van der Waals surface area contributed by atoms with E-state index in [-0.39, 0.29) is 11.9 Å². The zero-order chi connectivity index (χ0) is 10.3. The molecule has 0 aromatic heterocycles. The summed E-state index contributed by atoms with van der Waals surface area (Å²) in [5, 5.41) is 2.91. The monoisotopic (exact) mass is 191 g/mol. The molecule has 1 N–H and O–H groups in total. The Balaban J connectivity index is 2.59. The molecular formula is C11H15N2O+. The molecule has 1 aromatic carbocycles. The van der Waals surface area contributed by atoms with Crippen LogP contribution in [0.5, 0.6) is 0 Å². The van der Waals surface area contributed by atoms with Crippen LogP contribution in [0.3, 0.4) is 0 Å². The van der Waals surface area contributed by atoms with Gasteiger partial charge in [0.2, 0.25) is 0 Å². The third kappa shape index (κ3) is 1.13. The number of nitrogens with one attached hydrogen (secondary N) is 1. The van der Waals surface area contributed by atoms with E-state index in [4.69, 9.17) is 0 Å². The summed E-state index contributed by atoms with van der Waals surface area (Å²) in [6.07, 6.45) is 0. The van der Waals surface area contributed by atoms with E-state index in [0.717, 1.165) is 5.69 Å². The lowest BCUT2D eigenvalue weighted by molar-refractivity contribution is -0.120. The molecule has 2 rings (SSSR count). The first-order valence-corrected chi connectivity index (χ1v) is 4.77. The number of likely N-dealkylation sites (N-methyl/N-ethyl adjacent to an activating group) is 1. The first kappa shape index (κ1) is 9.21. The first-order chi connectivity index (χ1) is 6.53. The summed E-state index contributed by atoms with van der Waals surface area (Å²) in [4.78, 5) is 11.6. The number of anilines is 1. The first-order valence-electron chi connectivity index (χ1n) is 4.77. The number of carbonyl (C=O) groups is 1. The number of fused-ring (bicyclic) bond motifs is 1. The predicted molar refractivity (Wildman–Crippen MR) is 58.2 cm³/mol. The number of nitrogens with zero attached hydrogens (tertiary/aromatic N) is 1. The van der Waals surface area contributed by atoms with Crippen molar-refractivity contribution in [3.8, 4) is 0 Å². The van der Waals surface area contributed by atoms with Gasteiger partial charge in [0, 0.05) is 6.07 Å². The summed E-state index contributed by atoms with van der Waals surface area (Å²) in [6.45, 7) is 1.95. The lowest BCUT2D eigenvalue weighted by atomic mass is 10.1. The van der Waals surface area contributed by atoms with Crippen LogP contribution < -0.4 is 9.80 Å². The van der Waals surface area contributed by atoms with Crippen LogP contribution in [0.15, 0.2) is 24.3 Å². The van der Waals surface area contributed by atoms with Crippen LogP contribution in [0.4, 0.5) is 11.4 Å². The summed E-state index contributed by atoms with van der Waals surface area (Å²) in [7, 11) is 4.12. The number of para-hydroxylation sites is 2. The zero-order valence-electron chi connectivity index (χ0n) is 8.74. The minimum Gasteiger partial charge on any atom is -0.316 e. The van der Waals surface area contributed by atoms with Crippen molar-refractivity contribution in [1.29, 1.82) is 0 Å². The Morgan fingerprint density at radius 2 is 1.93 bits per heavy atom. The number of quaternary nitrogens is 1. The van der Waals surface area contributed by atoms with E-state index in [1.807, 2.05) is 25.1 Å². The van der Waals surface area contributed by atoms with Crippen molar-refractivity contribution in [2.45, 2.75) is 13.0 Å². The fourth-order valence-corrected chi connectivity index (χ4v) is 1.82. The molecule has 1 heterocycles. The molecule has 1 amide bonds. The summed E-state index contributed by atoms with van der Waals surface area (Å²) >= 11 is 0. The van der Waals surface area contributed by atoms with E-state index in [0.29, 0.717) is 4.48 Å². The molecule has 0 spiro atoms. The van der Waals surface area contributed by atoms with Gasteiger partial charge in [0.15, 0.2) is 11.7 Å². The second-order valence-corrected chi connectivity index (χ2v) is 4.22. The summed E-state index contributed by atoms with van der Waals surface area (Å²) in [6, 6.07) is 7.91. The fraction of sp³-hybridized carbons (Fsp3) is 0.364. The quantitative estimate of drug-likeness (QED) is 0.620. The Hall–Kier alpha value is -1.35. The number of amides is 1. The van der Waals surface area contributed by atoms with Gasteiger partial charge in [0.1, 0.15) is 5.69 Å². The highest BCUT2D eigenvalue weighted by molar-refractivity contribution is 6.01. The number of hydrogen-bond acceptors (Lipinski definition) is 1. The van der Waals surface area contributed by atoms with E-state index in [1.54, 1.807) is 0 Å². The van der Waals surface area contributed by atoms with Gasteiger partial charge in [-0.15, -0.1) is 0 Å². The molecule has 1 aliphatic rings. The lowest BCUT2D eigenvalue weighted by Gasteiger charge is -2.39. The normalized spacial score (nSPS) is 23.9. The van der Waals surface area contributed by atoms with Gasteiger partial charge in [-0.1, -0.05) is 12.1 Å². The maximum Gasteiger partial charge on any atom is 0.283 e. The SMILES string of the molecule is CC1C(=O)Nc2ccccc2[N+]1(C)C. The Morgan fingerprint density at radius 1 is 1.29 bits per heavy atom. The van der Waals surface area contributed by atoms with Crippen LogP contribution in [0.25, 0.3) is 0 Å². The van der Waals surface area contributed by atoms with Crippen molar-refractivity contribution in [2.24, 2.45) is 0 Å². The van der Waals surface area contributed by atoms with Crippen molar-refractivity contribution >= 4 is 17.3 Å². The largest absolute Gasteiger partial charge is 0.316 e. The van der Waals surface area contributed by atoms with Crippen LogP contribution >= 0.6 is 0 Å². The Kier molecular flexibility index (Phi) is 1.86. The van der Waals surface area contributed by atoms with Crippen molar-refractivity contribution in [1.82, 2.24) is 4.48 Å². The van der Waals surface area contributed by atoms with E-state index < -0.39 is 0 Å². The molecule has 1 aliphatic heterocycles. The molecular weight excluding hydrogens is 176 g/mol. The van der Waals surface area contributed by atoms with Crippen LogP contribution in [0.2, 0.25) is 0 Å². The molecule has 3 heteroatoms. The molecule has 0 aliphatic carbocycles. The number of hydrogen-bond donors (Lipinski definition) is 1. The second-order valence-electron chi connectivity index (χ2n) is 4.22. The number of rotatable bonds is 0. The van der Waals surface area contributed by atoms with Gasteiger partial charge < -0.3 is 5.32 Å². The molecule has 1 unspecified atom stereocenters. The van der Waals surface area contributed by atoms with Crippen LogP contribution in [0.1, 0.15) is 6.92 Å². The summed E-state index contributed by atoms with van der Waals surface area (Å²) in [5.74, 6) is 0.0914. The highest BCUT2D eigenvalue weighted by Gasteiger charge is 2.39. The van der Waals surface area contributed by atoms with Gasteiger partial charge in [-0.25, -0.2) is 0 Å². The Morgan fingerprint density at radius 3 is 2.64 bits per heavy atom. The minimum absolute atomic E-state index is 0.0371. The maximum atomic E-state index is 11.6. The minimum atomic E-state index is -0.0371. The maximum absolute atomic E-state index is 11.6. The molecule has 14 heavy (non-hydrogen) atoms. The third-order valence-corrected chi connectivity index (χ3v) is 3.13. The van der Waals surface area contributed by atoms with E-state index in [2.05, 4.69) is 25.5 Å². The van der Waals surface area contributed by atoms with E-state index in [1.165, 1.54) is 5.69 Å². The van der Waals surface area contributed by atoms with E-state index >= 15 is 0 Å². The average molecular weight is 191 g/mol. The van der Waals surface area contributed by atoms with Crippen LogP contribution in [-0.4, -0.2) is 26.0 Å². The van der Waals surface area contributed by atoms with Crippen molar-refractivity contribution in [2.75, 3.05) is 19.4 Å². The smallest absolute Gasteiger partial charge is 0.283 e. The second kappa shape index (κ2) is 2.82. The molecule has 1 atom stereocenters. The highest BCUT2D eigenvalue weighted by Crippen LogP contribution is 2.34. The van der Waals surface area contributed by atoms with Crippen LogP contribution in [0, 0.1) is 0 Å². The summed E-state index contributed by atoms with van der Waals surface area (Å²) in [5.41, 5.74) is 2.10. The van der Waals surface area contributed by atoms with Crippen molar-refractivity contribution in [3.05, 3.63) is 24.3 Å². The molecule has 0 radical (unpaired) electrons. The van der Waals surface area contributed by atoms with Crippen LogP contribution in [-0.2, 0) is 4.79 Å².